The minimum absolute atomic E-state index is 0. The van der Waals surface area contributed by atoms with E-state index < -0.39 is 21.6 Å². The van der Waals surface area contributed by atoms with Gasteiger partial charge in [-0.05, 0) is 51.0 Å². The van der Waals surface area contributed by atoms with Crippen LogP contribution in [0.2, 0.25) is 0 Å². The van der Waals surface area contributed by atoms with Crippen LogP contribution in [0.4, 0.5) is 5.69 Å². The minimum atomic E-state index is -3.68. The van der Waals surface area contributed by atoms with Crippen LogP contribution < -0.4 is 15.8 Å². The normalized spacial score (nSPS) is 12.7. The number of halogens is 1. The Morgan fingerprint density at radius 1 is 1.07 bits per heavy atom. The summed E-state index contributed by atoms with van der Waals surface area (Å²) in [5.74, 6) is -0.368. The Kier molecular flexibility index (Phi) is 7.98. The first-order chi connectivity index (χ1) is 12.1. The van der Waals surface area contributed by atoms with Gasteiger partial charge in [0.05, 0.1) is 10.9 Å². The molecular weight excluding hydrogens is 386 g/mol. The van der Waals surface area contributed by atoms with Crippen molar-refractivity contribution in [2.45, 2.75) is 43.7 Å². The van der Waals surface area contributed by atoms with E-state index in [-0.39, 0.29) is 23.2 Å². The van der Waals surface area contributed by atoms with Gasteiger partial charge in [-0.15, -0.1) is 12.4 Å². The maximum atomic E-state index is 12.4. The van der Waals surface area contributed by atoms with Gasteiger partial charge in [-0.1, -0.05) is 36.4 Å². The molecule has 0 heterocycles. The van der Waals surface area contributed by atoms with Gasteiger partial charge in [0.2, 0.25) is 15.9 Å². The van der Waals surface area contributed by atoms with Crippen LogP contribution in [-0.2, 0) is 21.2 Å². The highest BCUT2D eigenvalue weighted by Crippen LogP contribution is 2.18. The highest BCUT2D eigenvalue weighted by Gasteiger charge is 2.22. The highest BCUT2D eigenvalue weighted by molar-refractivity contribution is 7.89. The summed E-state index contributed by atoms with van der Waals surface area (Å²) in [6, 6.07) is 14.8. The van der Waals surface area contributed by atoms with E-state index in [1.54, 1.807) is 32.9 Å². The van der Waals surface area contributed by atoms with Crippen LogP contribution >= 0.6 is 12.4 Å². The number of hydrogen-bond donors (Lipinski definition) is 3. The van der Waals surface area contributed by atoms with Gasteiger partial charge in [0.15, 0.2) is 0 Å². The number of anilines is 1. The van der Waals surface area contributed by atoms with Gasteiger partial charge in [-0.3, -0.25) is 4.79 Å². The Morgan fingerprint density at radius 3 is 2.30 bits per heavy atom. The second-order valence-electron chi connectivity index (χ2n) is 7.17. The topological polar surface area (TPSA) is 101 Å². The van der Waals surface area contributed by atoms with E-state index in [1.165, 1.54) is 12.1 Å². The largest absolute Gasteiger partial charge is 0.325 e. The van der Waals surface area contributed by atoms with Crippen LogP contribution in [0.25, 0.3) is 0 Å². The molecule has 0 saturated carbocycles. The average Bonchev–Trinajstić information content (AvgIpc) is 2.54. The highest BCUT2D eigenvalue weighted by atomic mass is 35.5. The number of carbonyl (C=O) groups is 1. The molecule has 6 nitrogen and oxygen atoms in total. The van der Waals surface area contributed by atoms with Crippen molar-refractivity contribution in [2.24, 2.45) is 5.73 Å². The van der Waals surface area contributed by atoms with Crippen LogP contribution in [0, 0.1) is 0 Å². The van der Waals surface area contributed by atoms with Gasteiger partial charge >= 0.3 is 0 Å². The van der Waals surface area contributed by atoms with E-state index in [2.05, 4.69) is 10.0 Å². The molecule has 0 aliphatic rings. The fourth-order valence-corrected chi connectivity index (χ4v) is 3.86. The summed E-state index contributed by atoms with van der Waals surface area (Å²) in [6.07, 6.45) is 0.399. The second kappa shape index (κ2) is 9.32. The van der Waals surface area contributed by atoms with Gasteiger partial charge in [0.1, 0.15) is 0 Å². The van der Waals surface area contributed by atoms with Crippen LogP contribution in [-0.4, -0.2) is 25.9 Å². The number of rotatable bonds is 6. The van der Waals surface area contributed by atoms with E-state index in [9.17, 15) is 13.2 Å². The molecule has 2 aromatic rings. The summed E-state index contributed by atoms with van der Waals surface area (Å²) in [4.78, 5) is 12.4. The number of nitrogens with one attached hydrogen (secondary N) is 2. The molecule has 0 spiro atoms. The predicted octanol–water partition coefficient (Wildman–Crippen LogP) is 2.69. The summed E-state index contributed by atoms with van der Waals surface area (Å²) in [5, 5.41) is 2.68. The molecule has 0 aliphatic carbocycles. The summed E-state index contributed by atoms with van der Waals surface area (Å²) in [5.41, 5.74) is 6.70. The summed E-state index contributed by atoms with van der Waals surface area (Å²) < 4.78 is 27.4. The Balaban J connectivity index is 0.00000364. The summed E-state index contributed by atoms with van der Waals surface area (Å²) in [7, 11) is -3.68. The van der Waals surface area contributed by atoms with Crippen molar-refractivity contribution in [1.82, 2.24) is 4.72 Å². The van der Waals surface area contributed by atoms with Crippen molar-refractivity contribution in [3.63, 3.8) is 0 Å². The molecule has 0 unspecified atom stereocenters. The van der Waals surface area contributed by atoms with Gasteiger partial charge < -0.3 is 11.1 Å². The summed E-state index contributed by atoms with van der Waals surface area (Å²) >= 11 is 0. The monoisotopic (exact) mass is 411 g/mol. The third kappa shape index (κ3) is 7.30. The molecular formula is C19H26ClN3O3S. The number of nitrogens with two attached hydrogens (primary N) is 1. The molecule has 0 radical (unpaired) electrons. The van der Waals surface area contributed by atoms with Crippen LogP contribution in [0.15, 0.2) is 59.5 Å². The van der Waals surface area contributed by atoms with E-state index >= 15 is 0 Å². The first kappa shape index (κ1) is 23.1. The van der Waals surface area contributed by atoms with Gasteiger partial charge in [0, 0.05) is 11.2 Å². The van der Waals surface area contributed by atoms with E-state index in [0.717, 1.165) is 5.56 Å². The molecule has 1 atom stereocenters. The number of carbonyl (C=O) groups excluding carboxylic acids is 1. The number of sulfonamides is 1. The Hall–Kier alpha value is -1.93. The zero-order chi connectivity index (χ0) is 19.4. The molecule has 2 rings (SSSR count). The van der Waals surface area contributed by atoms with Crippen molar-refractivity contribution < 1.29 is 13.2 Å². The molecule has 148 valence electrons. The Bertz CT molecular complexity index is 865. The minimum Gasteiger partial charge on any atom is -0.325 e. The SMILES string of the molecule is CC(C)(C)NS(=O)(=O)c1cccc(NC(=O)[C@@H](N)Cc2ccccc2)c1.Cl. The lowest BCUT2D eigenvalue weighted by Gasteiger charge is -2.20. The third-order valence-electron chi connectivity index (χ3n) is 3.49. The molecule has 0 saturated heterocycles. The molecule has 1 amide bonds. The predicted molar refractivity (Wildman–Crippen MR) is 111 cm³/mol. The molecule has 8 heteroatoms. The van der Waals surface area contributed by atoms with Crippen molar-refractivity contribution in [1.29, 1.82) is 0 Å². The molecule has 0 fully saturated rings. The Labute approximate surface area is 167 Å². The molecule has 27 heavy (non-hydrogen) atoms. The molecule has 0 bridgehead atoms. The van der Waals surface area contributed by atoms with E-state index in [4.69, 9.17) is 5.73 Å². The smallest absolute Gasteiger partial charge is 0.241 e. The Morgan fingerprint density at radius 2 is 1.70 bits per heavy atom. The van der Waals surface area contributed by atoms with Gasteiger partial charge in [-0.25, -0.2) is 13.1 Å². The van der Waals surface area contributed by atoms with Crippen LogP contribution in [0.3, 0.4) is 0 Å². The molecule has 2 aromatic carbocycles. The van der Waals surface area contributed by atoms with Crippen molar-refractivity contribution in [2.75, 3.05) is 5.32 Å². The van der Waals surface area contributed by atoms with E-state index in [1.807, 2.05) is 30.3 Å². The standard InChI is InChI=1S/C19H25N3O3S.ClH/c1-19(2,3)22-26(24,25)16-11-7-10-15(13-16)21-18(23)17(20)12-14-8-5-4-6-9-14;/h4-11,13,17,22H,12,20H2,1-3H3,(H,21,23);1H/t17-;/m0./s1. The lowest BCUT2D eigenvalue weighted by atomic mass is 10.1. The first-order valence-electron chi connectivity index (χ1n) is 8.31. The average molecular weight is 412 g/mol. The summed E-state index contributed by atoms with van der Waals surface area (Å²) in [6.45, 7) is 5.29. The second-order valence-corrected chi connectivity index (χ2v) is 8.85. The van der Waals surface area contributed by atoms with E-state index in [0.29, 0.717) is 12.1 Å². The molecule has 4 N–H and O–H groups in total. The maximum Gasteiger partial charge on any atom is 0.241 e. The first-order valence-corrected chi connectivity index (χ1v) is 9.79. The number of benzene rings is 2. The van der Waals surface area contributed by atoms with Crippen molar-refractivity contribution in [3.8, 4) is 0 Å². The van der Waals surface area contributed by atoms with Crippen LogP contribution in [0.5, 0.6) is 0 Å². The molecule has 0 aliphatic heterocycles. The van der Waals surface area contributed by atoms with Crippen molar-refractivity contribution >= 4 is 34.0 Å². The fourth-order valence-electron chi connectivity index (χ4n) is 2.40. The lowest BCUT2D eigenvalue weighted by Crippen LogP contribution is -2.40. The third-order valence-corrected chi connectivity index (χ3v) is 5.24. The zero-order valence-corrected chi connectivity index (χ0v) is 17.2. The lowest BCUT2D eigenvalue weighted by molar-refractivity contribution is -0.117. The fraction of sp³-hybridized carbons (Fsp3) is 0.316. The van der Waals surface area contributed by atoms with Crippen LogP contribution in [0.1, 0.15) is 26.3 Å². The number of hydrogen-bond acceptors (Lipinski definition) is 4. The zero-order valence-electron chi connectivity index (χ0n) is 15.6. The van der Waals surface area contributed by atoms with Crippen molar-refractivity contribution in [3.05, 3.63) is 60.2 Å². The van der Waals surface area contributed by atoms with Gasteiger partial charge in [-0.2, -0.15) is 0 Å². The number of amides is 1. The quantitative estimate of drug-likeness (QED) is 0.680. The molecule has 0 aromatic heterocycles. The van der Waals surface area contributed by atoms with Gasteiger partial charge in [0.25, 0.3) is 0 Å². The maximum absolute atomic E-state index is 12.4.